The summed E-state index contributed by atoms with van der Waals surface area (Å²) in [5.41, 5.74) is 2.23. The Bertz CT molecular complexity index is 353. The fourth-order valence-electron chi connectivity index (χ4n) is 1.53. The number of rotatable bonds is 4. The molecule has 0 bridgehead atoms. The Kier molecular flexibility index (Phi) is 4.42. The van der Waals surface area contributed by atoms with E-state index in [1.54, 1.807) is 13.2 Å². The van der Waals surface area contributed by atoms with E-state index in [0.29, 0.717) is 5.75 Å². The molecule has 4 heteroatoms. The summed E-state index contributed by atoms with van der Waals surface area (Å²) in [5.74, 6) is 0.682. The maximum absolute atomic E-state index is 9.65. The smallest absolute Gasteiger partial charge is 0.174 e. The van der Waals surface area contributed by atoms with Crippen LogP contribution in [0.1, 0.15) is 11.1 Å². The lowest BCUT2D eigenvalue weighted by Crippen LogP contribution is -2.11. The predicted molar refractivity (Wildman–Crippen MR) is 64.7 cm³/mol. The van der Waals surface area contributed by atoms with Gasteiger partial charge in [-0.25, -0.2) is 0 Å². The molecule has 0 saturated heterocycles. The average molecular weight is 274 g/mol. The molecular formula is C11H16BrNO2. The molecule has 0 spiro atoms. The van der Waals surface area contributed by atoms with Crippen LogP contribution in [0, 0.1) is 6.92 Å². The van der Waals surface area contributed by atoms with E-state index in [2.05, 4.69) is 21.2 Å². The molecule has 0 atom stereocenters. The number of aryl methyl sites for hydroxylation is 1. The van der Waals surface area contributed by atoms with Crippen molar-refractivity contribution < 1.29 is 9.84 Å². The molecule has 1 aromatic carbocycles. The van der Waals surface area contributed by atoms with Crippen molar-refractivity contribution >= 4 is 15.9 Å². The van der Waals surface area contributed by atoms with Crippen LogP contribution in [0.5, 0.6) is 11.5 Å². The Hall–Kier alpha value is -0.740. The Balaban J connectivity index is 3.14. The molecule has 0 fully saturated rings. The van der Waals surface area contributed by atoms with Gasteiger partial charge in [0, 0.05) is 0 Å². The lowest BCUT2D eigenvalue weighted by Gasteiger charge is -2.13. The Morgan fingerprint density at radius 1 is 1.53 bits per heavy atom. The van der Waals surface area contributed by atoms with Crippen molar-refractivity contribution in [2.75, 3.05) is 20.7 Å². The van der Waals surface area contributed by atoms with Gasteiger partial charge in [0.2, 0.25) is 0 Å². The normalized spacial score (nSPS) is 10.4. The van der Waals surface area contributed by atoms with Gasteiger partial charge >= 0.3 is 0 Å². The van der Waals surface area contributed by atoms with Crippen molar-refractivity contribution in [2.45, 2.75) is 13.3 Å². The molecule has 0 radical (unpaired) electrons. The van der Waals surface area contributed by atoms with Crippen molar-refractivity contribution in [1.29, 1.82) is 0 Å². The van der Waals surface area contributed by atoms with E-state index in [9.17, 15) is 5.11 Å². The van der Waals surface area contributed by atoms with Crippen LogP contribution >= 0.6 is 15.9 Å². The molecule has 1 rings (SSSR count). The number of hydrogen-bond acceptors (Lipinski definition) is 3. The van der Waals surface area contributed by atoms with Gasteiger partial charge in [-0.3, -0.25) is 0 Å². The van der Waals surface area contributed by atoms with Gasteiger partial charge < -0.3 is 15.2 Å². The number of phenols is 1. The van der Waals surface area contributed by atoms with Crippen LogP contribution in [-0.2, 0) is 6.42 Å². The summed E-state index contributed by atoms with van der Waals surface area (Å²) in [6, 6.07) is 1.73. The van der Waals surface area contributed by atoms with Gasteiger partial charge in [-0.15, -0.1) is 0 Å². The van der Waals surface area contributed by atoms with Gasteiger partial charge in [0.15, 0.2) is 11.5 Å². The van der Waals surface area contributed by atoms with Crippen LogP contribution in [0.4, 0.5) is 0 Å². The Morgan fingerprint density at radius 2 is 2.20 bits per heavy atom. The minimum atomic E-state index is 0.176. The van der Waals surface area contributed by atoms with Crippen LogP contribution in [-0.4, -0.2) is 25.8 Å². The van der Waals surface area contributed by atoms with Crippen LogP contribution in [0.25, 0.3) is 0 Å². The van der Waals surface area contributed by atoms with Crippen molar-refractivity contribution in [3.05, 3.63) is 21.7 Å². The molecule has 2 N–H and O–H groups in total. The lowest BCUT2D eigenvalue weighted by atomic mass is 10.0. The largest absolute Gasteiger partial charge is 0.504 e. The van der Waals surface area contributed by atoms with Crippen LogP contribution in [0.15, 0.2) is 10.5 Å². The number of benzene rings is 1. The standard InChI is InChI=1S/C11H16BrNO2/c1-7-6-9(14)11(15-3)10(12)8(7)4-5-13-2/h6,13-14H,4-5H2,1-3H3. The minimum absolute atomic E-state index is 0.176. The topological polar surface area (TPSA) is 41.5 Å². The van der Waals surface area contributed by atoms with Gasteiger partial charge in [0.25, 0.3) is 0 Å². The van der Waals surface area contributed by atoms with Crippen LogP contribution in [0.2, 0.25) is 0 Å². The predicted octanol–water partition coefficient (Wildman–Crippen LogP) is 2.23. The summed E-state index contributed by atoms with van der Waals surface area (Å²) in [6.07, 6.45) is 0.902. The molecule has 0 aliphatic carbocycles. The molecule has 0 saturated carbocycles. The highest BCUT2D eigenvalue weighted by molar-refractivity contribution is 9.10. The summed E-state index contributed by atoms with van der Waals surface area (Å²) in [4.78, 5) is 0. The van der Waals surface area contributed by atoms with E-state index in [1.165, 1.54) is 5.56 Å². The van der Waals surface area contributed by atoms with Gasteiger partial charge in [-0.2, -0.15) is 0 Å². The zero-order valence-electron chi connectivity index (χ0n) is 9.22. The molecule has 1 aromatic rings. The molecular weight excluding hydrogens is 258 g/mol. The van der Waals surface area contributed by atoms with E-state index in [-0.39, 0.29) is 5.75 Å². The number of phenolic OH excluding ortho intramolecular Hbond substituents is 1. The van der Waals surface area contributed by atoms with E-state index in [0.717, 1.165) is 23.0 Å². The third-order valence-electron chi connectivity index (χ3n) is 2.36. The first kappa shape index (κ1) is 12.3. The molecule has 15 heavy (non-hydrogen) atoms. The molecule has 0 amide bonds. The maximum Gasteiger partial charge on any atom is 0.174 e. The second-order valence-corrected chi connectivity index (χ2v) is 4.18. The van der Waals surface area contributed by atoms with Gasteiger partial charge in [0.1, 0.15) is 0 Å². The Labute approximate surface area is 98.6 Å². The first-order valence-electron chi connectivity index (χ1n) is 4.81. The summed E-state index contributed by atoms with van der Waals surface area (Å²) in [5, 5.41) is 12.7. The fourth-order valence-corrected chi connectivity index (χ4v) is 2.41. The number of ether oxygens (including phenoxy) is 1. The van der Waals surface area contributed by atoms with Crippen LogP contribution in [0.3, 0.4) is 0 Å². The molecule has 3 nitrogen and oxygen atoms in total. The quantitative estimate of drug-likeness (QED) is 0.884. The molecule has 0 aliphatic heterocycles. The Morgan fingerprint density at radius 3 is 2.73 bits per heavy atom. The van der Waals surface area contributed by atoms with Gasteiger partial charge in [-0.05, 0) is 60.1 Å². The average Bonchev–Trinajstić information content (AvgIpc) is 2.17. The second-order valence-electron chi connectivity index (χ2n) is 3.39. The monoisotopic (exact) mass is 273 g/mol. The summed E-state index contributed by atoms with van der Waals surface area (Å²) in [7, 11) is 3.47. The first-order valence-corrected chi connectivity index (χ1v) is 5.60. The number of nitrogens with one attached hydrogen (secondary N) is 1. The molecule has 0 heterocycles. The first-order chi connectivity index (χ1) is 7.11. The van der Waals surface area contributed by atoms with Crippen molar-refractivity contribution in [1.82, 2.24) is 5.32 Å². The number of hydrogen-bond donors (Lipinski definition) is 2. The second kappa shape index (κ2) is 5.37. The highest BCUT2D eigenvalue weighted by atomic mass is 79.9. The van der Waals surface area contributed by atoms with E-state index in [4.69, 9.17) is 4.74 Å². The van der Waals surface area contributed by atoms with Crippen molar-refractivity contribution in [2.24, 2.45) is 0 Å². The molecule has 0 aromatic heterocycles. The third kappa shape index (κ3) is 2.63. The maximum atomic E-state index is 9.65. The minimum Gasteiger partial charge on any atom is -0.504 e. The molecule has 0 aliphatic rings. The number of likely N-dealkylation sites (N-methyl/N-ethyl adjacent to an activating group) is 1. The third-order valence-corrected chi connectivity index (χ3v) is 3.19. The number of methoxy groups -OCH3 is 1. The molecule has 84 valence electrons. The van der Waals surface area contributed by atoms with Crippen LogP contribution < -0.4 is 10.1 Å². The lowest BCUT2D eigenvalue weighted by molar-refractivity contribution is 0.370. The summed E-state index contributed by atoms with van der Waals surface area (Å²) in [6.45, 7) is 2.88. The highest BCUT2D eigenvalue weighted by Gasteiger charge is 2.13. The van der Waals surface area contributed by atoms with E-state index < -0.39 is 0 Å². The SMILES string of the molecule is CNCCc1c(C)cc(O)c(OC)c1Br. The fraction of sp³-hybridized carbons (Fsp3) is 0.455. The van der Waals surface area contributed by atoms with E-state index in [1.807, 2.05) is 14.0 Å². The van der Waals surface area contributed by atoms with Crippen molar-refractivity contribution in [3.63, 3.8) is 0 Å². The number of halogens is 1. The highest BCUT2D eigenvalue weighted by Crippen LogP contribution is 2.38. The molecule has 0 unspecified atom stereocenters. The van der Waals surface area contributed by atoms with Gasteiger partial charge in [0.05, 0.1) is 11.6 Å². The summed E-state index contributed by atoms with van der Waals surface area (Å²) < 4.78 is 5.98. The van der Waals surface area contributed by atoms with Gasteiger partial charge in [-0.1, -0.05) is 0 Å². The zero-order chi connectivity index (χ0) is 11.4. The van der Waals surface area contributed by atoms with Crippen molar-refractivity contribution in [3.8, 4) is 11.5 Å². The number of aromatic hydroxyl groups is 1. The zero-order valence-corrected chi connectivity index (χ0v) is 10.8. The summed E-state index contributed by atoms with van der Waals surface area (Å²) >= 11 is 3.46. The van der Waals surface area contributed by atoms with E-state index >= 15 is 0 Å².